The Labute approximate surface area is 168 Å². The second kappa shape index (κ2) is 6.98. The number of halogens is 2. The fraction of sp³-hybridized carbons (Fsp3) is 0.500. The standard InChI is InChI=1S/C20H24F2N6O/c1-13(29)25-17-10-15-14(11-24-17)20(5-8-27(3)9-6-20)12-28(15)18-23-7-4-16(26-18)19(2,21)22/h4,7,10-11H,5-6,8-9,12H2,1-3H3,(H,24,25,29). The molecule has 2 aliphatic heterocycles. The van der Waals surface area contributed by atoms with Gasteiger partial charge in [-0.25, -0.2) is 15.0 Å². The summed E-state index contributed by atoms with van der Waals surface area (Å²) in [6.45, 7) is 4.72. The summed E-state index contributed by atoms with van der Waals surface area (Å²) in [4.78, 5) is 28.5. The first-order valence-corrected chi connectivity index (χ1v) is 9.63. The van der Waals surface area contributed by atoms with Gasteiger partial charge in [0.25, 0.3) is 5.92 Å². The highest BCUT2D eigenvalue weighted by molar-refractivity contribution is 5.88. The van der Waals surface area contributed by atoms with Gasteiger partial charge in [-0.1, -0.05) is 0 Å². The van der Waals surface area contributed by atoms with Crippen molar-refractivity contribution in [3.8, 4) is 0 Å². The van der Waals surface area contributed by atoms with E-state index in [0.717, 1.165) is 44.1 Å². The number of likely N-dealkylation sites (tertiary alicyclic amines) is 1. The van der Waals surface area contributed by atoms with Crippen LogP contribution in [-0.4, -0.2) is 52.4 Å². The van der Waals surface area contributed by atoms with Crippen molar-refractivity contribution in [3.63, 3.8) is 0 Å². The Bertz CT molecular complexity index is 937. The van der Waals surface area contributed by atoms with E-state index < -0.39 is 5.92 Å². The minimum absolute atomic E-state index is 0.141. The first-order valence-electron chi connectivity index (χ1n) is 9.63. The highest BCUT2D eigenvalue weighted by Crippen LogP contribution is 2.49. The number of alkyl halides is 2. The molecule has 1 saturated heterocycles. The Morgan fingerprint density at radius 1 is 1.28 bits per heavy atom. The number of hydrogen-bond acceptors (Lipinski definition) is 6. The number of nitrogens with zero attached hydrogens (tertiary/aromatic N) is 5. The number of piperidine rings is 1. The molecule has 7 nitrogen and oxygen atoms in total. The summed E-state index contributed by atoms with van der Waals surface area (Å²) in [7, 11) is 2.09. The highest BCUT2D eigenvalue weighted by Gasteiger charge is 2.46. The molecule has 1 spiro atoms. The number of carbonyl (C=O) groups is 1. The maximum absolute atomic E-state index is 13.8. The van der Waals surface area contributed by atoms with E-state index in [1.165, 1.54) is 19.2 Å². The highest BCUT2D eigenvalue weighted by atomic mass is 19.3. The van der Waals surface area contributed by atoms with Gasteiger partial charge in [0.05, 0.1) is 5.69 Å². The largest absolute Gasteiger partial charge is 0.311 e. The minimum Gasteiger partial charge on any atom is -0.311 e. The second-order valence-electron chi connectivity index (χ2n) is 8.07. The van der Waals surface area contributed by atoms with Crippen molar-refractivity contribution in [2.45, 2.75) is 38.0 Å². The number of nitrogens with one attached hydrogen (secondary N) is 1. The van der Waals surface area contributed by atoms with Crippen LogP contribution in [0.4, 0.5) is 26.2 Å². The number of amides is 1. The molecule has 9 heteroatoms. The Hall–Kier alpha value is -2.68. The lowest BCUT2D eigenvalue weighted by Gasteiger charge is -2.38. The molecule has 1 amide bonds. The quantitative estimate of drug-likeness (QED) is 0.851. The Morgan fingerprint density at radius 3 is 2.66 bits per heavy atom. The summed E-state index contributed by atoms with van der Waals surface area (Å²) in [6.07, 6.45) is 5.02. The molecule has 1 N–H and O–H groups in total. The molecule has 4 rings (SSSR count). The van der Waals surface area contributed by atoms with Crippen LogP contribution in [0.1, 0.15) is 37.9 Å². The van der Waals surface area contributed by atoms with Crippen LogP contribution in [0.3, 0.4) is 0 Å². The van der Waals surface area contributed by atoms with E-state index in [-0.39, 0.29) is 23.0 Å². The van der Waals surface area contributed by atoms with Gasteiger partial charge in [0.15, 0.2) is 0 Å². The molecule has 0 unspecified atom stereocenters. The summed E-state index contributed by atoms with van der Waals surface area (Å²) in [5.74, 6) is -2.62. The molecule has 0 aromatic carbocycles. The summed E-state index contributed by atoms with van der Waals surface area (Å²) in [5, 5.41) is 2.69. The third-order valence-corrected chi connectivity index (χ3v) is 5.79. The van der Waals surface area contributed by atoms with Crippen LogP contribution >= 0.6 is 0 Å². The molecule has 0 bridgehead atoms. The monoisotopic (exact) mass is 402 g/mol. The van der Waals surface area contributed by atoms with Gasteiger partial charge >= 0.3 is 0 Å². The fourth-order valence-electron chi connectivity index (χ4n) is 4.17. The molecule has 0 radical (unpaired) electrons. The number of carbonyl (C=O) groups excluding carboxylic acids is 1. The summed E-state index contributed by atoms with van der Waals surface area (Å²) in [6, 6.07) is 3.02. The molecular weight excluding hydrogens is 378 g/mol. The summed E-state index contributed by atoms with van der Waals surface area (Å²) >= 11 is 0. The van der Waals surface area contributed by atoms with E-state index in [1.807, 2.05) is 4.90 Å². The zero-order valence-electron chi connectivity index (χ0n) is 16.7. The number of pyridine rings is 1. The number of hydrogen-bond donors (Lipinski definition) is 1. The molecule has 2 aliphatic rings. The van der Waals surface area contributed by atoms with Gasteiger partial charge in [0, 0.05) is 49.8 Å². The third kappa shape index (κ3) is 3.66. The van der Waals surface area contributed by atoms with Crippen LogP contribution < -0.4 is 10.2 Å². The molecule has 0 saturated carbocycles. The molecule has 29 heavy (non-hydrogen) atoms. The Morgan fingerprint density at radius 2 is 2.00 bits per heavy atom. The number of anilines is 3. The van der Waals surface area contributed by atoms with E-state index in [4.69, 9.17) is 0 Å². The fourth-order valence-corrected chi connectivity index (χ4v) is 4.17. The lowest BCUT2D eigenvalue weighted by Crippen LogP contribution is -2.43. The molecule has 0 atom stereocenters. The number of fused-ring (bicyclic) bond motifs is 2. The SMILES string of the molecule is CC(=O)Nc1cc2c(cn1)C1(CCN(C)CC1)CN2c1nccc(C(C)(F)F)n1. The third-order valence-electron chi connectivity index (χ3n) is 5.79. The van der Waals surface area contributed by atoms with Crippen LogP contribution in [0.2, 0.25) is 0 Å². The van der Waals surface area contributed by atoms with Crippen LogP contribution in [0.15, 0.2) is 24.5 Å². The first kappa shape index (κ1) is 19.6. The van der Waals surface area contributed by atoms with E-state index in [1.54, 1.807) is 12.3 Å². The van der Waals surface area contributed by atoms with Gasteiger partial charge in [-0.2, -0.15) is 8.78 Å². The molecule has 2 aromatic rings. The normalized spacial score (nSPS) is 18.7. The molecule has 2 aromatic heterocycles. The summed E-state index contributed by atoms with van der Waals surface area (Å²) < 4.78 is 27.7. The van der Waals surface area contributed by atoms with Crippen molar-refractivity contribution < 1.29 is 13.6 Å². The molecule has 0 aliphatic carbocycles. The number of rotatable bonds is 3. The lowest BCUT2D eigenvalue weighted by atomic mass is 9.75. The van der Waals surface area contributed by atoms with Crippen molar-refractivity contribution in [2.24, 2.45) is 0 Å². The minimum atomic E-state index is -3.05. The van der Waals surface area contributed by atoms with Crippen LogP contribution in [0.5, 0.6) is 0 Å². The van der Waals surface area contributed by atoms with E-state index in [9.17, 15) is 13.6 Å². The van der Waals surface area contributed by atoms with E-state index >= 15 is 0 Å². The maximum Gasteiger partial charge on any atom is 0.287 e. The predicted octanol–water partition coefficient (Wildman–Crippen LogP) is 3.06. The van der Waals surface area contributed by atoms with Crippen LogP contribution in [-0.2, 0) is 16.1 Å². The molecule has 4 heterocycles. The average Bonchev–Trinajstić information content (AvgIpc) is 2.97. The van der Waals surface area contributed by atoms with Crippen molar-refractivity contribution in [3.05, 3.63) is 35.8 Å². The second-order valence-corrected chi connectivity index (χ2v) is 8.07. The van der Waals surface area contributed by atoms with Crippen molar-refractivity contribution >= 4 is 23.4 Å². The summed E-state index contributed by atoms with van der Waals surface area (Å²) in [5.41, 5.74) is 1.41. The zero-order chi connectivity index (χ0) is 20.8. The van der Waals surface area contributed by atoms with Gasteiger partial charge in [-0.05, 0) is 39.0 Å². The predicted molar refractivity (Wildman–Crippen MR) is 106 cm³/mol. The van der Waals surface area contributed by atoms with Gasteiger partial charge in [0.1, 0.15) is 11.5 Å². The van der Waals surface area contributed by atoms with Gasteiger partial charge in [-0.15, -0.1) is 0 Å². The van der Waals surface area contributed by atoms with Gasteiger partial charge in [0.2, 0.25) is 11.9 Å². The Kier molecular flexibility index (Phi) is 4.72. The van der Waals surface area contributed by atoms with E-state index in [0.29, 0.717) is 12.4 Å². The van der Waals surface area contributed by atoms with Crippen molar-refractivity contribution in [1.82, 2.24) is 19.9 Å². The van der Waals surface area contributed by atoms with Crippen LogP contribution in [0.25, 0.3) is 0 Å². The number of aromatic nitrogens is 3. The average molecular weight is 402 g/mol. The first-order chi connectivity index (χ1) is 13.7. The zero-order valence-corrected chi connectivity index (χ0v) is 16.7. The van der Waals surface area contributed by atoms with Crippen LogP contribution in [0, 0.1) is 0 Å². The lowest BCUT2D eigenvalue weighted by molar-refractivity contribution is -0.114. The topological polar surface area (TPSA) is 74.2 Å². The van der Waals surface area contributed by atoms with Crippen molar-refractivity contribution in [2.75, 3.05) is 36.9 Å². The Balaban J connectivity index is 1.79. The maximum atomic E-state index is 13.8. The van der Waals surface area contributed by atoms with E-state index in [2.05, 4.69) is 32.2 Å². The van der Waals surface area contributed by atoms with Crippen molar-refractivity contribution in [1.29, 1.82) is 0 Å². The van der Waals surface area contributed by atoms with Gasteiger partial charge < -0.3 is 15.1 Å². The molecule has 1 fully saturated rings. The smallest absolute Gasteiger partial charge is 0.287 e. The van der Waals surface area contributed by atoms with Gasteiger partial charge in [-0.3, -0.25) is 4.79 Å². The molecule has 154 valence electrons. The molecular formula is C20H24F2N6O.